The minimum absolute atomic E-state index is 0.669. The van der Waals surface area contributed by atoms with E-state index in [-0.39, 0.29) is 0 Å². The molecular formula is C29H24N4S. The summed E-state index contributed by atoms with van der Waals surface area (Å²) in [6.45, 7) is 0. The second kappa shape index (κ2) is 10.7. The number of thioether (sulfide) groups is 1. The van der Waals surface area contributed by atoms with Crippen molar-refractivity contribution in [1.29, 1.82) is 0 Å². The van der Waals surface area contributed by atoms with Gasteiger partial charge in [-0.05, 0) is 29.8 Å². The van der Waals surface area contributed by atoms with Crippen molar-refractivity contribution >= 4 is 23.2 Å². The number of imidazole rings is 1. The summed E-state index contributed by atoms with van der Waals surface area (Å²) in [6.07, 6.45) is 1.95. The van der Waals surface area contributed by atoms with Gasteiger partial charge in [-0.1, -0.05) is 109 Å². The van der Waals surface area contributed by atoms with E-state index in [2.05, 4.69) is 70.7 Å². The Morgan fingerprint density at radius 1 is 0.735 bits per heavy atom. The molecule has 1 heterocycles. The number of nitrogens with zero attached hydrogens (tertiary/aromatic N) is 3. The van der Waals surface area contributed by atoms with Crippen molar-refractivity contribution in [2.45, 2.75) is 5.16 Å². The highest BCUT2D eigenvalue weighted by Gasteiger charge is 2.15. The lowest BCUT2D eigenvalue weighted by atomic mass is 10.1. The normalized spacial score (nSPS) is 11.4. The molecule has 5 rings (SSSR count). The van der Waals surface area contributed by atoms with E-state index in [9.17, 15) is 0 Å². The average Bonchev–Trinajstić information content (AvgIpc) is 3.35. The summed E-state index contributed by atoms with van der Waals surface area (Å²) in [5.41, 5.74) is 9.48. The third kappa shape index (κ3) is 5.11. The van der Waals surface area contributed by atoms with Crippen LogP contribution in [-0.4, -0.2) is 21.0 Å². The molecule has 1 N–H and O–H groups in total. The van der Waals surface area contributed by atoms with Crippen molar-refractivity contribution in [3.05, 3.63) is 133 Å². The summed E-state index contributed by atoms with van der Waals surface area (Å²) in [7, 11) is 0. The van der Waals surface area contributed by atoms with Crippen LogP contribution in [0, 0.1) is 0 Å². The van der Waals surface area contributed by atoms with E-state index < -0.39 is 0 Å². The number of aromatic nitrogens is 2. The third-order valence-corrected chi connectivity index (χ3v) is 6.32. The van der Waals surface area contributed by atoms with Crippen molar-refractivity contribution < 1.29 is 0 Å². The summed E-state index contributed by atoms with van der Waals surface area (Å²) in [4.78, 5) is 4.80. The van der Waals surface area contributed by atoms with Crippen LogP contribution in [0.1, 0.15) is 5.56 Å². The first-order valence-electron chi connectivity index (χ1n) is 11.1. The molecule has 4 aromatic carbocycles. The van der Waals surface area contributed by atoms with Crippen LogP contribution in [0.4, 0.5) is 5.69 Å². The fourth-order valence-corrected chi connectivity index (χ4v) is 4.62. The number of nitrogens with one attached hydrogen (secondary N) is 1. The number of hydrogen-bond acceptors (Lipinski definition) is 4. The zero-order valence-corrected chi connectivity index (χ0v) is 19.4. The Hall–Kier alpha value is -4.09. The minimum Gasteiger partial charge on any atom is -0.287 e. The molecule has 4 nitrogen and oxygen atoms in total. The minimum atomic E-state index is 0.669. The molecule has 0 saturated heterocycles. The highest BCUT2D eigenvalue weighted by Crippen LogP contribution is 2.30. The predicted molar refractivity (Wildman–Crippen MR) is 143 cm³/mol. The van der Waals surface area contributed by atoms with Crippen LogP contribution in [-0.2, 0) is 0 Å². The van der Waals surface area contributed by atoms with Crippen molar-refractivity contribution in [1.82, 2.24) is 9.55 Å². The van der Waals surface area contributed by atoms with Gasteiger partial charge >= 0.3 is 0 Å². The van der Waals surface area contributed by atoms with Gasteiger partial charge in [-0.15, -0.1) is 0 Å². The Bertz CT molecular complexity index is 1350. The Kier molecular flexibility index (Phi) is 6.83. The molecule has 0 aliphatic carbocycles. The molecule has 34 heavy (non-hydrogen) atoms. The lowest BCUT2D eigenvalue weighted by Crippen LogP contribution is -2.09. The molecule has 0 atom stereocenters. The molecule has 166 valence electrons. The second-order valence-corrected chi connectivity index (χ2v) is 8.60. The summed E-state index contributed by atoms with van der Waals surface area (Å²) >= 11 is 1.68. The van der Waals surface area contributed by atoms with E-state index in [0.29, 0.717) is 5.75 Å². The van der Waals surface area contributed by atoms with Crippen molar-refractivity contribution in [2.75, 3.05) is 11.2 Å². The average molecular weight is 461 g/mol. The van der Waals surface area contributed by atoms with Crippen LogP contribution < -0.4 is 5.43 Å². The molecular weight excluding hydrogens is 436 g/mol. The third-order valence-electron chi connectivity index (χ3n) is 5.35. The molecule has 5 heteroatoms. The van der Waals surface area contributed by atoms with Crippen LogP contribution in [0.15, 0.2) is 138 Å². The topological polar surface area (TPSA) is 42.2 Å². The van der Waals surface area contributed by atoms with Gasteiger partial charge in [0.2, 0.25) is 0 Å². The lowest BCUT2D eigenvalue weighted by Gasteiger charge is -2.13. The molecule has 0 aliphatic rings. The van der Waals surface area contributed by atoms with Crippen molar-refractivity contribution in [3.8, 4) is 16.9 Å². The summed E-state index contributed by atoms with van der Waals surface area (Å²) in [6, 6.07) is 41.0. The molecule has 0 aliphatic heterocycles. The van der Waals surface area contributed by atoms with Gasteiger partial charge in [0.1, 0.15) is 0 Å². The fraction of sp³-hybridized carbons (Fsp3) is 0.0345. The van der Waals surface area contributed by atoms with Crippen LogP contribution in [0.3, 0.4) is 0 Å². The molecule has 0 saturated carbocycles. The Morgan fingerprint density at radius 2 is 1.32 bits per heavy atom. The van der Waals surface area contributed by atoms with Gasteiger partial charge in [-0.25, -0.2) is 4.98 Å². The van der Waals surface area contributed by atoms with Crippen LogP contribution >= 0.6 is 11.8 Å². The van der Waals surface area contributed by atoms with E-state index in [4.69, 9.17) is 10.1 Å². The SMILES string of the molecule is c1ccc(N/N=C(\CSc2ncc(-c3ccccc3)n2-c2ccccc2)c2ccccc2)cc1. The largest absolute Gasteiger partial charge is 0.287 e. The molecule has 1 aromatic heterocycles. The van der Waals surface area contributed by atoms with Gasteiger partial charge < -0.3 is 0 Å². The van der Waals surface area contributed by atoms with Crippen LogP contribution in [0.25, 0.3) is 16.9 Å². The van der Waals surface area contributed by atoms with Crippen molar-refractivity contribution in [2.24, 2.45) is 5.10 Å². The zero-order chi connectivity index (χ0) is 23.0. The Labute approximate surface area is 204 Å². The summed E-state index contributed by atoms with van der Waals surface area (Å²) < 4.78 is 2.22. The molecule has 0 amide bonds. The van der Waals surface area contributed by atoms with Gasteiger partial charge in [0.05, 0.1) is 23.3 Å². The van der Waals surface area contributed by atoms with Gasteiger partial charge in [-0.3, -0.25) is 9.99 Å². The first-order valence-corrected chi connectivity index (χ1v) is 12.1. The molecule has 0 radical (unpaired) electrons. The fourth-order valence-electron chi connectivity index (χ4n) is 3.66. The molecule has 0 bridgehead atoms. The van der Waals surface area contributed by atoms with E-state index in [0.717, 1.165) is 39.1 Å². The first-order chi connectivity index (χ1) is 16.9. The standard InChI is InChI=1S/C29H24N4S/c1-5-13-23(14-6-1)27(32-31-25-17-9-3-10-18-25)22-34-29-30-21-28(24-15-7-2-8-16-24)33(29)26-19-11-4-12-20-26/h1-21,31H,22H2/b32-27+. The van der Waals surface area contributed by atoms with Gasteiger partial charge in [0.25, 0.3) is 0 Å². The maximum atomic E-state index is 4.80. The lowest BCUT2D eigenvalue weighted by molar-refractivity contribution is 0.902. The Morgan fingerprint density at radius 3 is 2.00 bits per heavy atom. The number of para-hydroxylation sites is 2. The van der Waals surface area contributed by atoms with Gasteiger partial charge in [-0.2, -0.15) is 5.10 Å². The summed E-state index contributed by atoms with van der Waals surface area (Å²) in [5, 5.41) is 5.68. The smallest absolute Gasteiger partial charge is 0.173 e. The van der Waals surface area contributed by atoms with Crippen LogP contribution in [0.2, 0.25) is 0 Å². The van der Waals surface area contributed by atoms with E-state index in [1.807, 2.05) is 66.9 Å². The number of hydrazone groups is 1. The number of anilines is 1. The second-order valence-electron chi connectivity index (χ2n) is 7.65. The number of rotatable bonds is 8. The zero-order valence-electron chi connectivity index (χ0n) is 18.6. The highest BCUT2D eigenvalue weighted by molar-refractivity contribution is 7.99. The summed E-state index contributed by atoms with van der Waals surface area (Å²) in [5.74, 6) is 0.669. The van der Waals surface area contributed by atoms with Crippen molar-refractivity contribution in [3.63, 3.8) is 0 Å². The number of benzene rings is 4. The molecule has 0 fully saturated rings. The highest BCUT2D eigenvalue weighted by atomic mass is 32.2. The quantitative estimate of drug-likeness (QED) is 0.152. The maximum absolute atomic E-state index is 4.80. The maximum Gasteiger partial charge on any atom is 0.173 e. The van der Waals surface area contributed by atoms with Gasteiger partial charge in [0.15, 0.2) is 5.16 Å². The van der Waals surface area contributed by atoms with Crippen LogP contribution in [0.5, 0.6) is 0 Å². The van der Waals surface area contributed by atoms with E-state index in [1.54, 1.807) is 11.8 Å². The molecule has 0 unspecified atom stereocenters. The molecule has 5 aromatic rings. The molecule has 0 spiro atoms. The van der Waals surface area contributed by atoms with Gasteiger partial charge in [0, 0.05) is 17.0 Å². The Balaban J connectivity index is 1.47. The first kappa shape index (κ1) is 21.7. The monoisotopic (exact) mass is 460 g/mol. The van der Waals surface area contributed by atoms with E-state index in [1.165, 1.54) is 0 Å². The predicted octanol–water partition coefficient (Wildman–Crippen LogP) is 7.15. The number of hydrogen-bond donors (Lipinski definition) is 1. The van der Waals surface area contributed by atoms with E-state index >= 15 is 0 Å².